The van der Waals surface area contributed by atoms with Gasteiger partial charge in [-0.25, -0.2) is 0 Å². The summed E-state index contributed by atoms with van der Waals surface area (Å²) in [6, 6.07) is 28.1. The van der Waals surface area contributed by atoms with E-state index in [2.05, 4.69) is 111 Å². The second-order valence-electron chi connectivity index (χ2n) is 11.1. The number of allylic oxidation sites excluding steroid dienone is 2. The molecule has 0 N–H and O–H groups in total. The Morgan fingerprint density at radius 2 is 1.18 bits per heavy atom. The molecule has 0 amide bonds. The average molecular weight is 537 g/mol. The van der Waals surface area contributed by atoms with Gasteiger partial charge in [0, 0.05) is 13.0 Å². The van der Waals surface area contributed by atoms with Crippen LogP contribution in [0.15, 0.2) is 97.1 Å². The van der Waals surface area contributed by atoms with Crippen LogP contribution in [0.5, 0.6) is 5.75 Å². The molecule has 1 unspecified atom stereocenters. The van der Waals surface area contributed by atoms with E-state index in [1.54, 1.807) is 0 Å². The lowest BCUT2D eigenvalue weighted by molar-refractivity contribution is -0.0129. The van der Waals surface area contributed by atoms with Crippen molar-refractivity contribution in [2.24, 2.45) is 0 Å². The molecule has 40 heavy (non-hydrogen) atoms. The molecule has 2 heteroatoms. The summed E-state index contributed by atoms with van der Waals surface area (Å²) >= 11 is 0. The van der Waals surface area contributed by atoms with Gasteiger partial charge in [-0.1, -0.05) is 144 Å². The summed E-state index contributed by atoms with van der Waals surface area (Å²) in [7, 11) is 0. The van der Waals surface area contributed by atoms with Crippen LogP contribution >= 0.6 is 0 Å². The standard InChI is InChI=1S/C38H48O2/c1-3-5-7-9-14-30-39-37-24-22-34(23-25-37)32-18-20-33(21-19-32)35-26-28-38(29-27-35,36-16-12-11-13-17-36)40-31-15-10-8-6-4-2/h11-13,16-28H,3-10,14-15,29-31H2,1-2H3. The molecule has 1 aliphatic rings. The number of ether oxygens (including phenoxy) is 2. The minimum Gasteiger partial charge on any atom is -0.494 e. The molecule has 0 bridgehead atoms. The van der Waals surface area contributed by atoms with Gasteiger partial charge in [0.05, 0.1) is 6.61 Å². The molecule has 4 rings (SSSR count). The van der Waals surface area contributed by atoms with Crippen LogP contribution in [-0.2, 0) is 10.3 Å². The van der Waals surface area contributed by atoms with Gasteiger partial charge in [-0.3, -0.25) is 0 Å². The Balaban J connectivity index is 1.34. The fourth-order valence-electron chi connectivity index (χ4n) is 5.42. The van der Waals surface area contributed by atoms with Crippen LogP contribution < -0.4 is 4.74 Å². The van der Waals surface area contributed by atoms with Gasteiger partial charge < -0.3 is 9.47 Å². The van der Waals surface area contributed by atoms with Crippen LogP contribution in [0.1, 0.15) is 95.6 Å². The summed E-state index contributed by atoms with van der Waals surface area (Å²) in [5.74, 6) is 0.957. The molecule has 0 fully saturated rings. The van der Waals surface area contributed by atoms with Gasteiger partial charge in [-0.15, -0.1) is 0 Å². The first-order valence-electron chi connectivity index (χ1n) is 15.7. The van der Waals surface area contributed by atoms with Crippen LogP contribution in [-0.4, -0.2) is 13.2 Å². The van der Waals surface area contributed by atoms with Gasteiger partial charge in [-0.05, 0) is 58.9 Å². The zero-order valence-corrected chi connectivity index (χ0v) is 24.7. The monoisotopic (exact) mass is 536 g/mol. The van der Waals surface area contributed by atoms with Gasteiger partial charge in [0.1, 0.15) is 11.4 Å². The van der Waals surface area contributed by atoms with E-state index in [0.717, 1.165) is 38.2 Å². The van der Waals surface area contributed by atoms with Crippen LogP contribution in [0.4, 0.5) is 0 Å². The Bertz CT molecular complexity index is 1170. The Kier molecular flexibility index (Phi) is 12.1. The van der Waals surface area contributed by atoms with Gasteiger partial charge in [-0.2, -0.15) is 0 Å². The Labute approximate surface area is 243 Å². The normalized spacial score (nSPS) is 16.6. The average Bonchev–Trinajstić information content (AvgIpc) is 3.02. The summed E-state index contributed by atoms with van der Waals surface area (Å²) in [5.41, 5.74) is 5.78. The number of hydrogen-bond donors (Lipinski definition) is 0. The lowest BCUT2D eigenvalue weighted by Gasteiger charge is -2.33. The van der Waals surface area contributed by atoms with Crippen molar-refractivity contribution in [1.82, 2.24) is 0 Å². The second-order valence-corrected chi connectivity index (χ2v) is 11.1. The second kappa shape index (κ2) is 16.2. The van der Waals surface area contributed by atoms with E-state index in [0.29, 0.717) is 0 Å². The van der Waals surface area contributed by atoms with E-state index in [9.17, 15) is 0 Å². The van der Waals surface area contributed by atoms with Gasteiger partial charge in [0.25, 0.3) is 0 Å². The topological polar surface area (TPSA) is 18.5 Å². The van der Waals surface area contributed by atoms with Crippen molar-refractivity contribution in [3.05, 3.63) is 108 Å². The third kappa shape index (κ3) is 8.70. The molecule has 0 spiro atoms. The van der Waals surface area contributed by atoms with Gasteiger partial charge in [0.15, 0.2) is 0 Å². The predicted octanol–water partition coefficient (Wildman–Crippen LogP) is 10.9. The zero-order chi connectivity index (χ0) is 27.9. The minimum absolute atomic E-state index is 0.380. The Morgan fingerprint density at radius 1 is 0.600 bits per heavy atom. The molecule has 0 heterocycles. The molecular formula is C38H48O2. The van der Waals surface area contributed by atoms with Crippen molar-refractivity contribution in [3.8, 4) is 16.9 Å². The van der Waals surface area contributed by atoms with Crippen LogP contribution in [0, 0.1) is 0 Å². The highest BCUT2D eigenvalue weighted by molar-refractivity contribution is 5.77. The van der Waals surface area contributed by atoms with E-state index in [1.165, 1.54) is 79.2 Å². The number of rotatable bonds is 17. The van der Waals surface area contributed by atoms with Crippen molar-refractivity contribution >= 4 is 5.57 Å². The summed E-state index contributed by atoms with van der Waals surface area (Å²) in [5, 5.41) is 0. The van der Waals surface area contributed by atoms with Crippen LogP contribution in [0.3, 0.4) is 0 Å². The van der Waals surface area contributed by atoms with Crippen molar-refractivity contribution in [1.29, 1.82) is 0 Å². The lowest BCUT2D eigenvalue weighted by atomic mass is 9.83. The quantitative estimate of drug-likeness (QED) is 0.160. The Morgan fingerprint density at radius 3 is 1.77 bits per heavy atom. The van der Waals surface area contributed by atoms with E-state index in [-0.39, 0.29) is 5.60 Å². The molecule has 0 aliphatic heterocycles. The first-order chi connectivity index (χ1) is 19.7. The van der Waals surface area contributed by atoms with E-state index in [1.807, 2.05) is 0 Å². The predicted molar refractivity (Wildman–Crippen MR) is 171 cm³/mol. The molecule has 0 aromatic heterocycles. The number of benzene rings is 3. The van der Waals surface area contributed by atoms with Crippen molar-refractivity contribution in [2.75, 3.05) is 13.2 Å². The largest absolute Gasteiger partial charge is 0.494 e. The molecular weight excluding hydrogens is 488 g/mol. The van der Waals surface area contributed by atoms with Crippen molar-refractivity contribution < 1.29 is 9.47 Å². The fourth-order valence-corrected chi connectivity index (χ4v) is 5.42. The van der Waals surface area contributed by atoms with Crippen molar-refractivity contribution in [3.63, 3.8) is 0 Å². The molecule has 212 valence electrons. The van der Waals surface area contributed by atoms with Gasteiger partial charge in [0.2, 0.25) is 0 Å². The summed E-state index contributed by atoms with van der Waals surface area (Å²) < 4.78 is 12.6. The van der Waals surface area contributed by atoms with E-state index >= 15 is 0 Å². The van der Waals surface area contributed by atoms with E-state index < -0.39 is 0 Å². The first-order valence-corrected chi connectivity index (χ1v) is 15.7. The first kappa shape index (κ1) is 29.9. The molecule has 2 nitrogen and oxygen atoms in total. The molecule has 1 aliphatic carbocycles. The third-order valence-corrected chi connectivity index (χ3v) is 7.95. The van der Waals surface area contributed by atoms with Crippen LogP contribution in [0.2, 0.25) is 0 Å². The third-order valence-electron chi connectivity index (χ3n) is 7.95. The number of hydrogen-bond acceptors (Lipinski definition) is 2. The summed E-state index contributed by atoms with van der Waals surface area (Å²) in [4.78, 5) is 0. The highest BCUT2D eigenvalue weighted by Gasteiger charge is 2.31. The SMILES string of the molecule is CCCCCCCOc1ccc(-c2ccc(C3=CCC(OCCCCCCC)(c4ccccc4)C=C3)cc2)cc1. The smallest absolute Gasteiger partial charge is 0.119 e. The zero-order valence-electron chi connectivity index (χ0n) is 24.7. The maximum atomic E-state index is 6.61. The molecule has 0 saturated carbocycles. The summed E-state index contributed by atoms with van der Waals surface area (Å²) in [6.45, 7) is 6.11. The molecule has 0 saturated heterocycles. The fraction of sp³-hybridized carbons (Fsp3) is 0.421. The highest BCUT2D eigenvalue weighted by Crippen LogP contribution is 2.38. The maximum absolute atomic E-state index is 6.61. The Hall–Kier alpha value is -3.10. The molecule has 1 atom stereocenters. The maximum Gasteiger partial charge on any atom is 0.119 e. The van der Waals surface area contributed by atoms with Crippen molar-refractivity contribution in [2.45, 2.75) is 90.1 Å². The molecule has 3 aromatic rings. The molecule has 0 radical (unpaired) electrons. The molecule has 3 aromatic carbocycles. The van der Waals surface area contributed by atoms with Gasteiger partial charge >= 0.3 is 0 Å². The van der Waals surface area contributed by atoms with Crippen LogP contribution in [0.25, 0.3) is 16.7 Å². The highest BCUT2D eigenvalue weighted by atomic mass is 16.5. The minimum atomic E-state index is -0.380. The van der Waals surface area contributed by atoms with E-state index in [4.69, 9.17) is 9.47 Å². The number of unbranched alkanes of at least 4 members (excludes halogenated alkanes) is 8. The lowest BCUT2D eigenvalue weighted by Crippen LogP contribution is -2.29. The summed E-state index contributed by atoms with van der Waals surface area (Å²) in [6.07, 6.45) is 20.2.